The quantitative estimate of drug-likeness (QED) is 0.779. The summed E-state index contributed by atoms with van der Waals surface area (Å²) < 4.78 is 0. The topological polar surface area (TPSA) is 43.1 Å². The second-order valence-electron chi connectivity index (χ2n) is 3.40. The Labute approximate surface area is 94.7 Å². The highest BCUT2D eigenvalue weighted by atomic mass is 35.5. The number of Topliss-reactive ketones (excluding diaryl/α,β-unsaturated/α-hetero) is 1. The SMILES string of the molecule is C=CCC(N)C(=O)Cc1ccc(Cl)cc1. The van der Waals surface area contributed by atoms with E-state index in [1.165, 1.54) is 0 Å². The van der Waals surface area contributed by atoms with Gasteiger partial charge in [0.1, 0.15) is 0 Å². The van der Waals surface area contributed by atoms with Crippen LogP contribution in [0, 0.1) is 0 Å². The van der Waals surface area contributed by atoms with E-state index in [1.807, 2.05) is 12.1 Å². The molecule has 0 spiro atoms. The van der Waals surface area contributed by atoms with Crippen LogP contribution >= 0.6 is 11.6 Å². The molecule has 0 heterocycles. The molecule has 1 rings (SSSR count). The average molecular weight is 224 g/mol. The van der Waals surface area contributed by atoms with Crippen molar-refractivity contribution in [1.82, 2.24) is 0 Å². The van der Waals surface area contributed by atoms with Crippen molar-refractivity contribution < 1.29 is 4.79 Å². The maximum atomic E-state index is 11.6. The highest BCUT2D eigenvalue weighted by molar-refractivity contribution is 6.30. The van der Waals surface area contributed by atoms with Gasteiger partial charge in [-0.1, -0.05) is 29.8 Å². The number of hydrogen-bond acceptors (Lipinski definition) is 2. The predicted octanol–water partition coefficient (Wildman–Crippen LogP) is 2.36. The minimum Gasteiger partial charge on any atom is -0.321 e. The van der Waals surface area contributed by atoms with Gasteiger partial charge in [0.05, 0.1) is 6.04 Å². The number of halogens is 1. The second-order valence-corrected chi connectivity index (χ2v) is 3.84. The first-order valence-electron chi connectivity index (χ1n) is 4.77. The molecule has 2 nitrogen and oxygen atoms in total. The first-order chi connectivity index (χ1) is 7.13. The number of ketones is 1. The minimum atomic E-state index is -0.446. The van der Waals surface area contributed by atoms with E-state index in [0.717, 1.165) is 5.56 Å². The molecule has 3 heteroatoms. The van der Waals surface area contributed by atoms with Gasteiger partial charge in [-0.05, 0) is 24.1 Å². The Balaban J connectivity index is 2.58. The third-order valence-electron chi connectivity index (χ3n) is 2.13. The van der Waals surface area contributed by atoms with E-state index >= 15 is 0 Å². The maximum Gasteiger partial charge on any atom is 0.154 e. The van der Waals surface area contributed by atoms with Gasteiger partial charge in [0.25, 0.3) is 0 Å². The summed E-state index contributed by atoms with van der Waals surface area (Å²) in [5, 5.41) is 0.668. The van der Waals surface area contributed by atoms with Crippen molar-refractivity contribution in [3.8, 4) is 0 Å². The zero-order valence-electron chi connectivity index (χ0n) is 8.45. The molecule has 0 bridgehead atoms. The molecule has 1 aromatic carbocycles. The molecule has 1 unspecified atom stereocenters. The van der Waals surface area contributed by atoms with Crippen molar-refractivity contribution in [2.24, 2.45) is 5.73 Å². The zero-order valence-corrected chi connectivity index (χ0v) is 9.20. The van der Waals surface area contributed by atoms with Gasteiger partial charge in [-0.15, -0.1) is 6.58 Å². The monoisotopic (exact) mass is 223 g/mol. The summed E-state index contributed by atoms with van der Waals surface area (Å²) in [6, 6.07) is 6.76. The molecule has 15 heavy (non-hydrogen) atoms. The van der Waals surface area contributed by atoms with Crippen LogP contribution in [0.2, 0.25) is 5.02 Å². The third kappa shape index (κ3) is 3.86. The Morgan fingerprint density at radius 1 is 1.47 bits per heavy atom. The first-order valence-corrected chi connectivity index (χ1v) is 5.15. The maximum absolute atomic E-state index is 11.6. The molecule has 80 valence electrons. The largest absolute Gasteiger partial charge is 0.321 e. The number of carbonyl (C=O) groups is 1. The fourth-order valence-electron chi connectivity index (χ4n) is 1.25. The number of benzene rings is 1. The van der Waals surface area contributed by atoms with E-state index in [-0.39, 0.29) is 5.78 Å². The van der Waals surface area contributed by atoms with Gasteiger partial charge < -0.3 is 5.73 Å². The van der Waals surface area contributed by atoms with Gasteiger partial charge in [0, 0.05) is 11.4 Å². The molecule has 0 radical (unpaired) electrons. The van der Waals surface area contributed by atoms with Gasteiger partial charge in [-0.25, -0.2) is 0 Å². The van der Waals surface area contributed by atoms with Gasteiger partial charge in [-0.3, -0.25) is 4.79 Å². The predicted molar refractivity (Wildman–Crippen MR) is 63.0 cm³/mol. The lowest BCUT2D eigenvalue weighted by atomic mass is 10.0. The molecular formula is C12H14ClNO. The third-order valence-corrected chi connectivity index (χ3v) is 2.38. The van der Waals surface area contributed by atoms with Crippen molar-refractivity contribution >= 4 is 17.4 Å². The summed E-state index contributed by atoms with van der Waals surface area (Å²) in [5.41, 5.74) is 6.59. The Hall–Kier alpha value is -1.12. The van der Waals surface area contributed by atoms with E-state index in [4.69, 9.17) is 17.3 Å². The molecule has 2 N–H and O–H groups in total. The summed E-state index contributed by atoms with van der Waals surface area (Å²) in [7, 11) is 0. The van der Waals surface area contributed by atoms with Crippen LogP contribution in [0.25, 0.3) is 0 Å². The Bertz CT molecular complexity index is 345. The van der Waals surface area contributed by atoms with Gasteiger partial charge in [0.15, 0.2) is 5.78 Å². The minimum absolute atomic E-state index is 0.0252. The van der Waals surface area contributed by atoms with E-state index in [9.17, 15) is 4.79 Å². The van der Waals surface area contributed by atoms with Crippen LogP contribution in [-0.2, 0) is 11.2 Å². The first kappa shape index (κ1) is 12.0. The molecule has 0 amide bonds. The number of rotatable bonds is 5. The van der Waals surface area contributed by atoms with Crippen molar-refractivity contribution in [1.29, 1.82) is 0 Å². The standard InChI is InChI=1S/C12H14ClNO/c1-2-3-11(14)12(15)8-9-4-6-10(13)7-5-9/h2,4-7,11H,1,3,8,14H2. The van der Waals surface area contributed by atoms with E-state index < -0.39 is 6.04 Å². The second kappa shape index (κ2) is 5.69. The van der Waals surface area contributed by atoms with Crippen LogP contribution < -0.4 is 5.73 Å². The summed E-state index contributed by atoms with van der Waals surface area (Å²) in [6.45, 7) is 3.55. The van der Waals surface area contributed by atoms with E-state index in [1.54, 1.807) is 18.2 Å². The van der Waals surface area contributed by atoms with Crippen LogP contribution in [0.1, 0.15) is 12.0 Å². The molecule has 0 fully saturated rings. The zero-order chi connectivity index (χ0) is 11.3. The van der Waals surface area contributed by atoms with Crippen LogP contribution in [0.3, 0.4) is 0 Å². The van der Waals surface area contributed by atoms with Gasteiger partial charge in [-0.2, -0.15) is 0 Å². The lowest BCUT2D eigenvalue weighted by Gasteiger charge is -2.07. The molecule has 0 aliphatic rings. The Kier molecular flexibility index (Phi) is 4.53. The fourth-order valence-corrected chi connectivity index (χ4v) is 1.37. The van der Waals surface area contributed by atoms with Crippen molar-refractivity contribution in [3.05, 3.63) is 47.5 Å². The summed E-state index contributed by atoms with van der Waals surface area (Å²) >= 11 is 5.74. The van der Waals surface area contributed by atoms with Crippen LogP contribution in [0.15, 0.2) is 36.9 Å². The fraction of sp³-hybridized carbons (Fsp3) is 0.250. The Morgan fingerprint density at radius 2 is 2.07 bits per heavy atom. The van der Waals surface area contributed by atoms with Crippen molar-refractivity contribution in [3.63, 3.8) is 0 Å². The molecule has 1 atom stereocenters. The lowest BCUT2D eigenvalue weighted by molar-refractivity contribution is -0.119. The Morgan fingerprint density at radius 3 is 2.60 bits per heavy atom. The molecule has 0 saturated heterocycles. The van der Waals surface area contributed by atoms with Gasteiger partial charge in [0.2, 0.25) is 0 Å². The highest BCUT2D eigenvalue weighted by Crippen LogP contribution is 2.10. The smallest absolute Gasteiger partial charge is 0.154 e. The molecule has 0 aliphatic carbocycles. The normalized spacial score (nSPS) is 12.1. The van der Waals surface area contributed by atoms with Crippen LogP contribution in [0.5, 0.6) is 0 Å². The average Bonchev–Trinajstić information content (AvgIpc) is 2.22. The molecular weight excluding hydrogens is 210 g/mol. The molecule has 0 aliphatic heterocycles. The molecule has 1 aromatic rings. The number of hydrogen-bond donors (Lipinski definition) is 1. The van der Waals surface area contributed by atoms with Crippen molar-refractivity contribution in [2.75, 3.05) is 0 Å². The molecule has 0 saturated carbocycles. The van der Waals surface area contributed by atoms with E-state index in [2.05, 4.69) is 6.58 Å². The summed E-state index contributed by atoms with van der Waals surface area (Å²) in [4.78, 5) is 11.6. The number of nitrogens with two attached hydrogens (primary N) is 1. The molecule has 0 aromatic heterocycles. The lowest BCUT2D eigenvalue weighted by Crippen LogP contribution is -2.31. The number of carbonyl (C=O) groups excluding carboxylic acids is 1. The highest BCUT2D eigenvalue weighted by Gasteiger charge is 2.11. The van der Waals surface area contributed by atoms with Crippen LogP contribution in [0.4, 0.5) is 0 Å². The van der Waals surface area contributed by atoms with Crippen molar-refractivity contribution in [2.45, 2.75) is 18.9 Å². The summed E-state index contributed by atoms with van der Waals surface area (Å²) in [5.74, 6) is 0.0252. The van der Waals surface area contributed by atoms with Crippen LogP contribution in [-0.4, -0.2) is 11.8 Å². The summed E-state index contributed by atoms with van der Waals surface area (Å²) in [6.07, 6.45) is 2.53. The van der Waals surface area contributed by atoms with E-state index in [0.29, 0.717) is 17.9 Å². The van der Waals surface area contributed by atoms with Gasteiger partial charge >= 0.3 is 0 Å².